The second-order valence-corrected chi connectivity index (χ2v) is 9.17. The summed E-state index contributed by atoms with van der Waals surface area (Å²) in [5, 5.41) is 2.59. The lowest BCUT2D eigenvalue weighted by Gasteiger charge is -2.27. The van der Waals surface area contributed by atoms with Crippen LogP contribution in [0.1, 0.15) is 31.4 Å². The van der Waals surface area contributed by atoms with Gasteiger partial charge in [-0.15, -0.1) is 0 Å². The van der Waals surface area contributed by atoms with Crippen LogP contribution >= 0.6 is 0 Å². The normalized spacial score (nSPS) is 16.8. The number of nitrogens with zero attached hydrogens (tertiary/aromatic N) is 2. The molecule has 2 amide bonds. The average Bonchev–Trinajstić information content (AvgIpc) is 3.18. The summed E-state index contributed by atoms with van der Waals surface area (Å²) in [6.07, 6.45) is 1.77. The highest BCUT2D eigenvalue weighted by Gasteiger charge is 2.32. The third kappa shape index (κ3) is 4.83. The van der Waals surface area contributed by atoms with E-state index < -0.39 is 10.0 Å². The van der Waals surface area contributed by atoms with E-state index in [-0.39, 0.29) is 29.3 Å². The lowest BCUT2D eigenvalue weighted by molar-refractivity contribution is -0.132. The first-order valence-corrected chi connectivity index (χ1v) is 10.9. The van der Waals surface area contributed by atoms with Crippen LogP contribution in [0, 0.1) is 0 Å². The first kappa shape index (κ1) is 21.0. The minimum absolute atomic E-state index is 0.0169. The highest BCUT2D eigenvalue weighted by molar-refractivity contribution is 7.89. The molecule has 1 N–H and O–H groups in total. The lowest BCUT2D eigenvalue weighted by atomic mass is 10.0. The summed E-state index contributed by atoms with van der Waals surface area (Å²) in [6.45, 7) is 1.78. The molecule has 1 aliphatic rings. The van der Waals surface area contributed by atoms with Crippen molar-refractivity contribution in [1.82, 2.24) is 9.21 Å². The minimum Gasteiger partial charge on any atom is -0.335 e. The quantitative estimate of drug-likeness (QED) is 0.786. The van der Waals surface area contributed by atoms with Crippen molar-refractivity contribution in [1.29, 1.82) is 0 Å². The number of hydrogen-bond donors (Lipinski definition) is 1. The molecular weight excluding hydrogens is 390 g/mol. The van der Waals surface area contributed by atoms with Gasteiger partial charge < -0.3 is 10.2 Å². The molecule has 0 radical (unpaired) electrons. The van der Waals surface area contributed by atoms with Crippen LogP contribution in [0.2, 0.25) is 0 Å². The molecule has 0 saturated carbocycles. The van der Waals surface area contributed by atoms with Crippen molar-refractivity contribution in [3.05, 3.63) is 60.2 Å². The molecule has 1 atom stereocenters. The molecule has 0 aromatic heterocycles. The van der Waals surface area contributed by atoms with Gasteiger partial charge in [0.05, 0.1) is 17.5 Å². The van der Waals surface area contributed by atoms with Crippen LogP contribution in [0.15, 0.2) is 59.5 Å². The van der Waals surface area contributed by atoms with Gasteiger partial charge >= 0.3 is 0 Å². The number of hydrogen-bond acceptors (Lipinski definition) is 4. The number of rotatable bonds is 6. The molecule has 1 heterocycles. The summed E-state index contributed by atoms with van der Waals surface area (Å²) in [5.74, 6) is -0.445. The maximum Gasteiger partial charge on any atom is 0.243 e. The van der Waals surface area contributed by atoms with Gasteiger partial charge in [-0.25, -0.2) is 8.42 Å². The predicted molar refractivity (Wildman–Crippen MR) is 111 cm³/mol. The van der Waals surface area contributed by atoms with E-state index in [4.69, 9.17) is 0 Å². The largest absolute Gasteiger partial charge is 0.335 e. The first-order valence-electron chi connectivity index (χ1n) is 9.47. The maximum absolute atomic E-state index is 12.9. The van der Waals surface area contributed by atoms with E-state index in [2.05, 4.69) is 5.32 Å². The Morgan fingerprint density at radius 1 is 1.10 bits per heavy atom. The van der Waals surface area contributed by atoms with Gasteiger partial charge in [-0.1, -0.05) is 30.3 Å². The molecule has 1 fully saturated rings. The maximum atomic E-state index is 12.9. The number of carbonyl (C=O) groups is 2. The van der Waals surface area contributed by atoms with Gasteiger partial charge in [0, 0.05) is 26.2 Å². The number of sulfonamides is 1. The zero-order valence-electron chi connectivity index (χ0n) is 16.5. The Bertz CT molecular complexity index is 975. The summed E-state index contributed by atoms with van der Waals surface area (Å²) in [6, 6.07) is 15.7. The fourth-order valence-corrected chi connectivity index (χ4v) is 4.67. The Balaban J connectivity index is 1.70. The van der Waals surface area contributed by atoms with Crippen LogP contribution < -0.4 is 5.32 Å². The molecule has 8 heteroatoms. The van der Waals surface area contributed by atoms with Crippen LogP contribution in [0.4, 0.5) is 5.69 Å². The molecule has 0 spiro atoms. The number of amides is 2. The van der Waals surface area contributed by atoms with Crippen LogP contribution in [-0.4, -0.2) is 49.6 Å². The fourth-order valence-electron chi connectivity index (χ4n) is 3.55. The standard InChI is InChI=1S/C21H25N3O4S/c1-16(25)22-18-10-12-19(13-11-18)29(27,28)23(2)15-21(26)24-14-6-9-20(24)17-7-4-3-5-8-17/h3-5,7-8,10-13,20H,6,9,14-15H2,1-2H3,(H,22,25). The van der Waals surface area contributed by atoms with E-state index >= 15 is 0 Å². The van der Waals surface area contributed by atoms with E-state index in [1.54, 1.807) is 4.90 Å². The Labute approximate surface area is 171 Å². The molecule has 3 rings (SSSR count). The van der Waals surface area contributed by atoms with E-state index in [1.165, 1.54) is 38.2 Å². The molecule has 0 aliphatic carbocycles. The van der Waals surface area contributed by atoms with E-state index in [0.29, 0.717) is 12.2 Å². The van der Waals surface area contributed by atoms with E-state index in [1.807, 2.05) is 30.3 Å². The van der Waals surface area contributed by atoms with E-state index in [0.717, 1.165) is 22.7 Å². The lowest BCUT2D eigenvalue weighted by Crippen LogP contribution is -2.40. The summed E-state index contributed by atoms with van der Waals surface area (Å²) < 4.78 is 26.7. The van der Waals surface area contributed by atoms with Crippen molar-refractivity contribution < 1.29 is 18.0 Å². The van der Waals surface area contributed by atoms with Crippen molar-refractivity contribution in [2.75, 3.05) is 25.5 Å². The Hall–Kier alpha value is -2.71. The van der Waals surface area contributed by atoms with Gasteiger partial charge in [-0.05, 0) is 42.7 Å². The summed E-state index contributed by atoms with van der Waals surface area (Å²) in [5.41, 5.74) is 1.58. The minimum atomic E-state index is -3.82. The fraction of sp³-hybridized carbons (Fsp3) is 0.333. The molecule has 1 saturated heterocycles. The molecule has 0 bridgehead atoms. The van der Waals surface area contributed by atoms with Crippen molar-refractivity contribution in [2.24, 2.45) is 0 Å². The van der Waals surface area contributed by atoms with Crippen LogP contribution in [0.25, 0.3) is 0 Å². The second-order valence-electron chi connectivity index (χ2n) is 7.12. The van der Waals surface area contributed by atoms with Gasteiger partial charge in [0.2, 0.25) is 21.8 Å². The zero-order valence-corrected chi connectivity index (χ0v) is 17.4. The van der Waals surface area contributed by atoms with Crippen molar-refractivity contribution in [3.63, 3.8) is 0 Å². The number of likely N-dealkylation sites (N-methyl/N-ethyl adjacent to an activating group) is 1. The molecule has 7 nitrogen and oxygen atoms in total. The number of benzene rings is 2. The third-order valence-corrected chi connectivity index (χ3v) is 6.82. The topological polar surface area (TPSA) is 86.8 Å². The summed E-state index contributed by atoms with van der Waals surface area (Å²) in [4.78, 5) is 25.8. The molecule has 29 heavy (non-hydrogen) atoms. The summed E-state index contributed by atoms with van der Waals surface area (Å²) >= 11 is 0. The Kier molecular flexibility index (Phi) is 6.34. The predicted octanol–water partition coefficient (Wildman–Crippen LogP) is 2.63. The number of carbonyl (C=O) groups excluding carboxylic acids is 2. The Morgan fingerprint density at radius 3 is 2.38 bits per heavy atom. The molecule has 1 unspecified atom stereocenters. The Morgan fingerprint density at radius 2 is 1.76 bits per heavy atom. The number of nitrogens with one attached hydrogen (secondary N) is 1. The van der Waals surface area contributed by atoms with E-state index in [9.17, 15) is 18.0 Å². The van der Waals surface area contributed by atoms with Crippen LogP contribution in [0.3, 0.4) is 0 Å². The summed E-state index contributed by atoms with van der Waals surface area (Å²) in [7, 11) is -2.41. The van der Waals surface area contributed by atoms with Gasteiger partial charge in [0.25, 0.3) is 0 Å². The van der Waals surface area contributed by atoms with Crippen molar-refractivity contribution in [2.45, 2.75) is 30.7 Å². The second kappa shape index (κ2) is 8.75. The molecule has 1 aliphatic heterocycles. The average molecular weight is 416 g/mol. The van der Waals surface area contributed by atoms with Crippen molar-refractivity contribution >= 4 is 27.5 Å². The molecule has 2 aromatic carbocycles. The third-order valence-electron chi connectivity index (χ3n) is 5.00. The van der Waals surface area contributed by atoms with Gasteiger partial charge in [0.15, 0.2) is 0 Å². The highest BCUT2D eigenvalue weighted by Crippen LogP contribution is 2.32. The van der Waals surface area contributed by atoms with Crippen LogP contribution in [-0.2, 0) is 19.6 Å². The van der Waals surface area contributed by atoms with Gasteiger partial charge in [-0.3, -0.25) is 9.59 Å². The van der Waals surface area contributed by atoms with Gasteiger partial charge in [0.1, 0.15) is 0 Å². The van der Waals surface area contributed by atoms with Gasteiger partial charge in [-0.2, -0.15) is 4.31 Å². The van der Waals surface area contributed by atoms with Crippen molar-refractivity contribution in [3.8, 4) is 0 Å². The smallest absolute Gasteiger partial charge is 0.243 e. The van der Waals surface area contributed by atoms with Crippen LogP contribution in [0.5, 0.6) is 0 Å². The monoisotopic (exact) mass is 415 g/mol. The zero-order chi connectivity index (χ0) is 21.0. The molecule has 2 aromatic rings. The number of anilines is 1. The molecule has 154 valence electrons. The molecular formula is C21H25N3O4S. The number of likely N-dealkylation sites (tertiary alicyclic amines) is 1. The highest BCUT2D eigenvalue weighted by atomic mass is 32.2. The first-order chi connectivity index (χ1) is 13.8. The SMILES string of the molecule is CC(=O)Nc1ccc(S(=O)(=O)N(C)CC(=O)N2CCCC2c2ccccc2)cc1.